The molecular formula is C11H11BrN2O3. The summed E-state index contributed by atoms with van der Waals surface area (Å²) in [7, 11) is 1.55. The van der Waals surface area contributed by atoms with E-state index < -0.39 is 0 Å². The fourth-order valence-electron chi connectivity index (χ4n) is 1.66. The van der Waals surface area contributed by atoms with Crippen molar-refractivity contribution in [3.05, 3.63) is 28.2 Å². The van der Waals surface area contributed by atoms with Gasteiger partial charge >= 0.3 is 6.03 Å². The molecule has 1 aromatic carbocycles. The number of nitrogens with one attached hydrogen (secondary N) is 1. The third kappa shape index (κ3) is 2.41. The summed E-state index contributed by atoms with van der Waals surface area (Å²) in [4.78, 5) is 24.0. The monoisotopic (exact) mass is 298 g/mol. The molecule has 1 saturated heterocycles. The predicted octanol–water partition coefficient (Wildman–Crippen LogP) is 1.51. The zero-order chi connectivity index (χ0) is 12.4. The maximum absolute atomic E-state index is 11.5. The Bertz CT molecular complexity index is 460. The van der Waals surface area contributed by atoms with Gasteiger partial charge in [-0.15, -0.1) is 0 Å². The average Bonchev–Trinajstić information content (AvgIpc) is 2.61. The van der Waals surface area contributed by atoms with Crippen molar-refractivity contribution in [2.75, 3.05) is 13.7 Å². The maximum atomic E-state index is 11.5. The van der Waals surface area contributed by atoms with Crippen LogP contribution in [0, 0.1) is 0 Å². The molecule has 90 valence electrons. The molecule has 0 aliphatic carbocycles. The van der Waals surface area contributed by atoms with Crippen molar-refractivity contribution < 1.29 is 14.3 Å². The number of halogens is 1. The standard InChI is InChI=1S/C11H11BrN2O3/c1-17-9-3-2-8(12)4-7(9)6-14-10(15)5-13-11(14)16/h2-4H,5-6H2,1H3,(H,13,16). The van der Waals surface area contributed by atoms with Gasteiger partial charge in [0.15, 0.2) is 0 Å². The summed E-state index contributed by atoms with van der Waals surface area (Å²) in [6, 6.07) is 5.10. The van der Waals surface area contributed by atoms with E-state index in [1.165, 1.54) is 4.90 Å². The van der Waals surface area contributed by atoms with Crippen LogP contribution >= 0.6 is 15.9 Å². The number of hydrogen-bond donors (Lipinski definition) is 1. The van der Waals surface area contributed by atoms with Gasteiger partial charge in [-0.2, -0.15) is 0 Å². The number of rotatable bonds is 3. The van der Waals surface area contributed by atoms with Crippen LogP contribution in [0.5, 0.6) is 5.75 Å². The smallest absolute Gasteiger partial charge is 0.324 e. The Balaban J connectivity index is 2.25. The van der Waals surface area contributed by atoms with Gasteiger partial charge in [-0.25, -0.2) is 4.79 Å². The summed E-state index contributed by atoms with van der Waals surface area (Å²) in [5.41, 5.74) is 0.785. The number of carbonyl (C=O) groups is 2. The summed E-state index contributed by atoms with van der Waals surface area (Å²) in [5, 5.41) is 2.48. The van der Waals surface area contributed by atoms with E-state index in [0.717, 1.165) is 10.0 Å². The predicted molar refractivity (Wildman–Crippen MR) is 64.6 cm³/mol. The third-order valence-electron chi connectivity index (χ3n) is 2.51. The fraction of sp³-hybridized carbons (Fsp3) is 0.273. The lowest BCUT2D eigenvalue weighted by Crippen LogP contribution is -2.30. The van der Waals surface area contributed by atoms with Gasteiger partial charge in [0.1, 0.15) is 5.75 Å². The van der Waals surface area contributed by atoms with Gasteiger partial charge in [0.25, 0.3) is 0 Å². The first kappa shape index (κ1) is 11.9. The number of carbonyl (C=O) groups excluding carboxylic acids is 2. The van der Waals surface area contributed by atoms with Gasteiger partial charge in [0.05, 0.1) is 20.2 Å². The molecule has 17 heavy (non-hydrogen) atoms. The summed E-state index contributed by atoms with van der Waals surface area (Å²) < 4.78 is 6.07. The van der Waals surface area contributed by atoms with Crippen molar-refractivity contribution in [2.24, 2.45) is 0 Å². The number of ether oxygens (including phenoxy) is 1. The van der Waals surface area contributed by atoms with Gasteiger partial charge < -0.3 is 10.1 Å². The second kappa shape index (κ2) is 4.75. The van der Waals surface area contributed by atoms with E-state index in [-0.39, 0.29) is 25.0 Å². The lowest BCUT2D eigenvalue weighted by molar-refractivity contribution is -0.125. The highest BCUT2D eigenvalue weighted by Gasteiger charge is 2.29. The Kier molecular flexibility index (Phi) is 3.33. The molecule has 0 bridgehead atoms. The number of urea groups is 1. The second-order valence-corrected chi connectivity index (χ2v) is 4.51. The Morgan fingerprint density at radius 3 is 2.82 bits per heavy atom. The Morgan fingerprint density at radius 1 is 1.47 bits per heavy atom. The van der Waals surface area contributed by atoms with Crippen LogP contribution in [0.3, 0.4) is 0 Å². The topological polar surface area (TPSA) is 58.6 Å². The van der Waals surface area contributed by atoms with Gasteiger partial charge in [-0.1, -0.05) is 15.9 Å². The van der Waals surface area contributed by atoms with E-state index in [1.807, 2.05) is 12.1 Å². The van der Waals surface area contributed by atoms with Crippen LogP contribution < -0.4 is 10.1 Å². The van der Waals surface area contributed by atoms with E-state index in [0.29, 0.717) is 5.75 Å². The van der Waals surface area contributed by atoms with Crippen LogP contribution in [-0.4, -0.2) is 30.5 Å². The molecule has 1 N–H and O–H groups in total. The van der Waals surface area contributed by atoms with E-state index in [2.05, 4.69) is 21.2 Å². The first-order valence-electron chi connectivity index (χ1n) is 5.02. The summed E-state index contributed by atoms with van der Waals surface area (Å²) in [6.45, 7) is 0.280. The van der Waals surface area contributed by atoms with E-state index in [1.54, 1.807) is 13.2 Å². The maximum Gasteiger partial charge on any atom is 0.324 e. The van der Waals surface area contributed by atoms with E-state index >= 15 is 0 Å². The number of imide groups is 1. The minimum atomic E-state index is -0.364. The van der Waals surface area contributed by atoms with Gasteiger partial charge in [0, 0.05) is 10.0 Å². The lowest BCUT2D eigenvalue weighted by atomic mass is 10.2. The molecule has 1 aliphatic rings. The average molecular weight is 299 g/mol. The molecule has 1 aliphatic heterocycles. The van der Waals surface area contributed by atoms with Crippen LogP contribution in [0.2, 0.25) is 0 Å². The molecule has 1 fully saturated rings. The van der Waals surface area contributed by atoms with Crippen LogP contribution in [0.1, 0.15) is 5.56 Å². The Labute approximate surface area is 107 Å². The number of hydrogen-bond acceptors (Lipinski definition) is 3. The molecule has 1 aromatic rings. The zero-order valence-electron chi connectivity index (χ0n) is 9.20. The number of amides is 3. The van der Waals surface area contributed by atoms with E-state index in [9.17, 15) is 9.59 Å². The molecule has 5 nitrogen and oxygen atoms in total. The Hall–Kier alpha value is -1.56. The van der Waals surface area contributed by atoms with E-state index in [4.69, 9.17) is 4.74 Å². The van der Waals surface area contributed by atoms with Crippen molar-refractivity contribution in [1.29, 1.82) is 0 Å². The van der Waals surface area contributed by atoms with Crippen molar-refractivity contribution >= 4 is 27.9 Å². The normalized spacial score (nSPS) is 15.1. The molecular weight excluding hydrogens is 288 g/mol. The quantitative estimate of drug-likeness (QED) is 0.861. The Morgan fingerprint density at radius 2 is 2.24 bits per heavy atom. The van der Waals surface area contributed by atoms with Crippen molar-refractivity contribution in [2.45, 2.75) is 6.54 Å². The highest BCUT2D eigenvalue weighted by molar-refractivity contribution is 9.10. The highest BCUT2D eigenvalue weighted by atomic mass is 79.9. The second-order valence-electron chi connectivity index (χ2n) is 3.59. The summed E-state index contributed by atoms with van der Waals surface area (Å²) >= 11 is 3.35. The molecule has 1 heterocycles. The SMILES string of the molecule is COc1ccc(Br)cc1CN1C(=O)CNC1=O. The third-order valence-corrected chi connectivity index (χ3v) is 3.00. The number of benzene rings is 1. The minimum Gasteiger partial charge on any atom is -0.496 e. The zero-order valence-corrected chi connectivity index (χ0v) is 10.8. The van der Waals surface area contributed by atoms with Crippen LogP contribution in [-0.2, 0) is 11.3 Å². The molecule has 0 aromatic heterocycles. The van der Waals surface area contributed by atoms with Crippen LogP contribution in [0.4, 0.5) is 4.79 Å². The van der Waals surface area contributed by atoms with Crippen molar-refractivity contribution in [3.63, 3.8) is 0 Å². The lowest BCUT2D eigenvalue weighted by Gasteiger charge is -2.15. The van der Waals surface area contributed by atoms with Gasteiger partial charge in [0.2, 0.25) is 5.91 Å². The van der Waals surface area contributed by atoms with Crippen LogP contribution in [0.15, 0.2) is 22.7 Å². The molecule has 2 rings (SSSR count). The molecule has 6 heteroatoms. The molecule has 3 amide bonds. The first-order valence-corrected chi connectivity index (χ1v) is 5.81. The molecule has 0 spiro atoms. The minimum absolute atomic E-state index is 0.0646. The van der Waals surface area contributed by atoms with Crippen molar-refractivity contribution in [3.8, 4) is 5.75 Å². The number of methoxy groups -OCH3 is 1. The number of nitrogens with zero attached hydrogens (tertiary/aromatic N) is 1. The molecule has 0 atom stereocenters. The fourth-order valence-corrected chi connectivity index (χ4v) is 2.06. The van der Waals surface area contributed by atoms with Gasteiger partial charge in [-0.05, 0) is 18.2 Å². The van der Waals surface area contributed by atoms with Crippen LogP contribution in [0.25, 0.3) is 0 Å². The van der Waals surface area contributed by atoms with Crippen molar-refractivity contribution in [1.82, 2.24) is 10.2 Å². The summed E-state index contributed by atoms with van der Waals surface area (Å²) in [6.07, 6.45) is 0. The highest BCUT2D eigenvalue weighted by Crippen LogP contribution is 2.24. The molecule has 0 saturated carbocycles. The molecule has 0 radical (unpaired) electrons. The van der Waals surface area contributed by atoms with Gasteiger partial charge in [-0.3, -0.25) is 9.69 Å². The first-order chi connectivity index (χ1) is 8.11. The summed E-state index contributed by atoms with van der Waals surface area (Å²) in [5.74, 6) is 0.428. The molecule has 0 unspecified atom stereocenters. The largest absolute Gasteiger partial charge is 0.496 e.